The Kier molecular flexibility index (Phi) is 9.42. The molecule has 0 radical (unpaired) electrons. The number of phosphoric ester groups is 1. The van der Waals surface area contributed by atoms with Crippen molar-refractivity contribution in [1.82, 2.24) is 4.90 Å². The molecule has 2 N–H and O–H groups in total. The fraction of sp³-hybridized carbons (Fsp3) is 0.615. The van der Waals surface area contributed by atoms with Gasteiger partial charge in [-0.05, 0) is 19.8 Å². The summed E-state index contributed by atoms with van der Waals surface area (Å²) in [7, 11) is -4.34. The molecule has 0 rings (SSSR count). The Morgan fingerprint density at radius 2 is 1.90 bits per heavy atom. The average Bonchev–Trinajstić information content (AvgIpc) is 2.34. The van der Waals surface area contributed by atoms with Crippen LogP contribution in [0.3, 0.4) is 0 Å². The zero-order valence-electron chi connectivity index (χ0n) is 12.0. The van der Waals surface area contributed by atoms with Crippen LogP contribution in [0.4, 0.5) is 0 Å². The van der Waals surface area contributed by atoms with Gasteiger partial charge in [0.25, 0.3) is 0 Å². The van der Waals surface area contributed by atoms with Crippen LogP contribution in [-0.4, -0.2) is 40.3 Å². The van der Waals surface area contributed by atoms with E-state index in [-0.39, 0.29) is 12.5 Å². The molecular formula is C13H24NO5P. The van der Waals surface area contributed by atoms with Gasteiger partial charge in [-0.2, -0.15) is 0 Å². The Hall–Kier alpha value is -0.940. The predicted molar refractivity (Wildman–Crippen MR) is 78.1 cm³/mol. The van der Waals surface area contributed by atoms with Gasteiger partial charge >= 0.3 is 7.82 Å². The predicted octanol–water partition coefficient (Wildman–Crippen LogP) is 2.25. The highest BCUT2D eigenvalue weighted by molar-refractivity contribution is 7.46. The van der Waals surface area contributed by atoms with Crippen LogP contribution in [0, 0.1) is 0 Å². The number of nitrogens with zero attached hydrogens (tertiary/aromatic N) is 1. The first kappa shape index (κ1) is 19.1. The van der Waals surface area contributed by atoms with Gasteiger partial charge in [0, 0.05) is 18.7 Å². The van der Waals surface area contributed by atoms with Gasteiger partial charge < -0.3 is 14.7 Å². The van der Waals surface area contributed by atoms with Crippen LogP contribution < -0.4 is 0 Å². The minimum atomic E-state index is -4.34. The second-order valence-electron chi connectivity index (χ2n) is 4.56. The van der Waals surface area contributed by atoms with Crippen LogP contribution in [0.25, 0.3) is 0 Å². The smallest absolute Gasteiger partial charge is 0.335 e. The topological polar surface area (TPSA) is 87.1 Å². The van der Waals surface area contributed by atoms with Crippen LogP contribution in [0.1, 0.15) is 32.6 Å². The van der Waals surface area contributed by atoms with Gasteiger partial charge in [0.1, 0.15) is 0 Å². The van der Waals surface area contributed by atoms with E-state index in [9.17, 15) is 9.36 Å². The number of rotatable bonds is 11. The molecule has 0 saturated carbocycles. The molecule has 0 fully saturated rings. The molecule has 1 amide bonds. The largest absolute Gasteiger partial charge is 0.469 e. The fourth-order valence-corrected chi connectivity index (χ4v) is 2.01. The first-order valence-electron chi connectivity index (χ1n) is 6.53. The minimum absolute atomic E-state index is 0.0470. The number of hydrogen-bond acceptors (Lipinski definition) is 3. The van der Waals surface area contributed by atoms with Crippen LogP contribution >= 0.6 is 7.82 Å². The second-order valence-corrected chi connectivity index (χ2v) is 5.80. The molecule has 0 atom stereocenters. The van der Waals surface area contributed by atoms with Gasteiger partial charge in [-0.3, -0.25) is 9.32 Å². The molecular weight excluding hydrogens is 281 g/mol. The van der Waals surface area contributed by atoms with Gasteiger partial charge in [-0.15, -0.1) is 6.58 Å². The van der Waals surface area contributed by atoms with Crippen molar-refractivity contribution in [2.24, 2.45) is 0 Å². The zero-order chi connectivity index (χ0) is 15.6. The lowest BCUT2D eigenvalue weighted by Gasteiger charge is -2.21. The molecule has 0 aromatic carbocycles. The normalized spacial score (nSPS) is 11.2. The minimum Gasteiger partial charge on any atom is -0.335 e. The Morgan fingerprint density at radius 1 is 1.30 bits per heavy atom. The molecule has 0 heterocycles. The number of unbranched alkanes of at least 4 members (excludes halogenated alkanes) is 3. The van der Waals surface area contributed by atoms with E-state index in [1.807, 2.05) is 0 Å². The van der Waals surface area contributed by atoms with Crippen LogP contribution in [0.2, 0.25) is 0 Å². The summed E-state index contributed by atoms with van der Waals surface area (Å²) in [6.07, 6.45) is 4.74. The molecule has 0 aromatic heterocycles. The lowest BCUT2D eigenvalue weighted by molar-refractivity contribution is -0.126. The summed E-state index contributed by atoms with van der Waals surface area (Å²) in [6, 6.07) is 0. The third-order valence-corrected chi connectivity index (χ3v) is 3.10. The summed E-state index contributed by atoms with van der Waals surface area (Å²) in [5, 5.41) is 0. The second kappa shape index (κ2) is 9.88. The van der Waals surface area contributed by atoms with E-state index in [1.165, 1.54) is 0 Å². The average molecular weight is 305 g/mol. The highest BCUT2D eigenvalue weighted by atomic mass is 31.2. The van der Waals surface area contributed by atoms with Crippen molar-refractivity contribution in [3.8, 4) is 0 Å². The summed E-state index contributed by atoms with van der Waals surface area (Å²) in [5.74, 6) is -0.0743. The van der Waals surface area contributed by atoms with E-state index >= 15 is 0 Å². The summed E-state index contributed by atoms with van der Waals surface area (Å²) < 4.78 is 14.8. The number of amides is 1. The SMILES string of the molecule is C=CCN(CCCCCCOP(=O)(O)O)C(=O)C(=C)C. The first-order chi connectivity index (χ1) is 9.28. The molecule has 6 nitrogen and oxygen atoms in total. The summed E-state index contributed by atoms with van der Waals surface area (Å²) in [5.41, 5.74) is 0.502. The molecule has 0 aliphatic rings. The summed E-state index contributed by atoms with van der Waals surface area (Å²) in [6.45, 7) is 10.1. The highest BCUT2D eigenvalue weighted by Crippen LogP contribution is 2.35. The molecule has 7 heteroatoms. The monoisotopic (exact) mass is 305 g/mol. The quantitative estimate of drug-likeness (QED) is 0.264. The van der Waals surface area contributed by atoms with E-state index in [1.54, 1.807) is 17.9 Å². The van der Waals surface area contributed by atoms with E-state index < -0.39 is 7.82 Å². The molecule has 0 aromatic rings. The van der Waals surface area contributed by atoms with Crippen LogP contribution in [0.15, 0.2) is 24.8 Å². The zero-order valence-corrected chi connectivity index (χ0v) is 12.8. The van der Waals surface area contributed by atoms with E-state index in [0.717, 1.165) is 19.3 Å². The maximum absolute atomic E-state index is 11.8. The fourth-order valence-electron chi connectivity index (χ4n) is 1.64. The molecule has 0 aliphatic heterocycles. The van der Waals surface area contributed by atoms with Crippen molar-refractivity contribution in [3.63, 3.8) is 0 Å². The van der Waals surface area contributed by atoms with Gasteiger partial charge in [0.05, 0.1) is 6.61 Å². The van der Waals surface area contributed by atoms with Crippen molar-refractivity contribution in [1.29, 1.82) is 0 Å². The van der Waals surface area contributed by atoms with Crippen molar-refractivity contribution in [2.75, 3.05) is 19.7 Å². The third-order valence-electron chi connectivity index (χ3n) is 2.58. The van der Waals surface area contributed by atoms with E-state index in [4.69, 9.17) is 9.79 Å². The number of phosphoric acid groups is 1. The van der Waals surface area contributed by atoms with Crippen molar-refractivity contribution in [3.05, 3.63) is 24.8 Å². The Morgan fingerprint density at radius 3 is 2.40 bits per heavy atom. The molecule has 0 unspecified atom stereocenters. The van der Waals surface area contributed by atoms with Gasteiger partial charge in [0.2, 0.25) is 5.91 Å². The summed E-state index contributed by atoms with van der Waals surface area (Å²) >= 11 is 0. The number of hydrogen-bond donors (Lipinski definition) is 2. The number of carbonyl (C=O) groups excluding carboxylic acids is 1. The lowest BCUT2D eigenvalue weighted by Crippen LogP contribution is -2.32. The van der Waals surface area contributed by atoms with Gasteiger partial charge in [-0.1, -0.05) is 25.5 Å². The molecule has 20 heavy (non-hydrogen) atoms. The summed E-state index contributed by atoms with van der Waals surface area (Å²) in [4.78, 5) is 30.4. The first-order valence-corrected chi connectivity index (χ1v) is 8.06. The van der Waals surface area contributed by atoms with Crippen LogP contribution in [0.5, 0.6) is 0 Å². The molecule has 0 aliphatic carbocycles. The molecule has 0 spiro atoms. The highest BCUT2D eigenvalue weighted by Gasteiger charge is 2.13. The maximum Gasteiger partial charge on any atom is 0.469 e. The van der Waals surface area contributed by atoms with Crippen molar-refractivity contribution in [2.45, 2.75) is 32.6 Å². The standard InChI is InChI=1S/C13H24NO5P/c1-4-9-14(13(15)12(2)3)10-7-5-6-8-11-19-20(16,17)18/h4H,1-2,5-11H2,3H3,(H2,16,17,18). The van der Waals surface area contributed by atoms with Gasteiger partial charge in [-0.25, -0.2) is 4.57 Å². The Bertz CT molecular complexity index is 377. The molecule has 116 valence electrons. The Labute approximate surface area is 120 Å². The van der Waals surface area contributed by atoms with Crippen molar-refractivity contribution < 1.29 is 23.7 Å². The molecule has 0 saturated heterocycles. The third kappa shape index (κ3) is 9.92. The number of carbonyl (C=O) groups is 1. The van der Waals surface area contributed by atoms with E-state index in [0.29, 0.717) is 25.1 Å². The van der Waals surface area contributed by atoms with Gasteiger partial charge in [0.15, 0.2) is 0 Å². The molecule has 0 bridgehead atoms. The van der Waals surface area contributed by atoms with Crippen molar-refractivity contribution >= 4 is 13.7 Å². The van der Waals surface area contributed by atoms with Crippen LogP contribution in [-0.2, 0) is 13.9 Å². The maximum atomic E-state index is 11.8. The Balaban J connectivity index is 3.79. The lowest BCUT2D eigenvalue weighted by atomic mass is 10.2. The van der Waals surface area contributed by atoms with E-state index in [2.05, 4.69) is 17.7 Å².